The highest BCUT2D eigenvalue weighted by Gasteiger charge is 2.34. The number of carbonyl (C=O) groups is 1. The second-order valence-electron chi connectivity index (χ2n) is 12.2. The summed E-state index contributed by atoms with van der Waals surface area (Å²) in [6, 6.07) is 19.5. The topological polar surface area (TPSA) is 67.9 Å². The van der Waals surface area contributed by atoms with E-state index in [0.29, 0.717) is 26.2 Å². The van der Waals surface area contributed by atoms with Gasteiger partial charge in [-0.25, -0.2) is 13.7 Å². The van der Waals surface area contributed by atoms with Gasteiger partial charge in [-0.2, -0.15) is 0 Å². The van der Waals surface area contributed by atoms with Gasteiger partial charge in [0.1, 0.15) is 5.60 Å². The normalized spacial score (nSPS) is 15.2. The number of amides is 1. The lowest BCUT2D eigenvalue weighted by atomic mass is 9.90. The smallest absolute Gasteiger partial charge is 0.410 e. The van der Waals surface area contributed by atoms with Gasteiger partial charge < -0.3 is 14.4 Å². The van der Waals surface area contributed by atoms with Crippen molar-refractivity contribution in [1.82, 2.24) is 9.62 Å². The molecule has 2 rings (SSSR count). The molecule has 1 unspecified atom stereocenters. The van der Waals surface area contributed by atoms with Crippen molar-refractivity contribution in [2.75, 3.05) is 6.61 Å². The van der Waals surface area contributed by atoms with Crippen LogP contribution in [-0.2, 0) is 33.6 Å². The Morgan fingerprint density at radius 1 is 0.974 bits per heavy atom. The van der Waals surface area contributed by atoms with Crippen molar-refractivity contribution in [2.45, 2.75) is 97.4 Å². The SMILES string of the molecule is C=C(C)C(C[C@@H](COCc1ccccc1)[C@@H](C)N(Cc1ccccc1)C(=O)OC(C)(C)C)N[S@](=O)C(C)(C)C. The fourth-order valence-corrected chi connectivity index (χ4v) is 4.90. The first-order valence-corrected chi connectivity index (χ1v) is 14.8. The second-order valence-corrected chi connectivity index (χ2v) is 14.2. The van der Waals surface area contributed by atoms with E-state index in [1.165, 1.54) is 0 Å². The Bertz CT molecular complexity index is 1060. The molecule has 2 aromatic carbocycles. The summed E-state index contributed by atoms with van der Waals surface area (Å²) in [4.78, 5) is 15.3. The van der Waals surface area contributed by atoms with Crippen molar-refractivity contribution < 1.29 is 18.5 Å². The summed E-state index contributed by atoms with van der Waals surface area (Å²) in [5.74, 6) is -0.0869. The molecule has 0 heterocycles. The largest absolute Gasteiger partial charge is 0.444 e. The first-order valence-electron chi connectivity index (χ1n) is 13.7. The molecule has 0 aliphatic rings. The molecule has 7 heteroatoms. The van der Waals surface area contributed by atoms with E-state index in [1.807, 2.05) is 116 Å². The van der Waals surface area contributed by atoms with E-state index < -0.39 is 21.3 Å². The lowest BCUT2D eigenvalue weighted by molar-refractivity contribution is -0.00386. The Morgan fingerprint density at radius 3 is 2.00 bits per heavy atom. The van der Waals surface area contributed by atoms with Crippen LogP contribution < -0.4 is 4.72 Å². The van der Waals surface area contributed by atoms with E-state index in [9.17, 15) is 9.00 Å². The molecule has 1 amide bonds. The van der Waals surface area contributed by atoms with Crippen LogP contribution in [0.1, 0.15) is 72.9 Å². The van der Waals surface area contributed by atoms with Gasteiger partial charge in [0, 0.05) is 24.5 Å². The van der Waals surface area contributed by atoms with E-state index in [2.05, 4.69) is 11.3 Å². The van der Waals surface area contributed by atoms with Crippen LogP contribution in [-0.4, -0.2) is 44.2 Å². The third-order valence-electron chi connectivity index (χ3n) is 6.38. The van der Waals surface area contributed by atoms with Gasteiger partial charge in [0.25, 0.3) is 0 Å². The lowest BCUT2D eigenvalue weighted by Crippen LogP contribution is -2.48. The minimum atomic E-state index is -1.27. The van der Waals surface area contributed by atoms with Gasteiger partial charge in [0.05, 0.1) is 28.9 Å². The van der Waals surface area contributed by atoms with Gasteiger partial charge in [0.2, 0.25) is 0 Å². The van der Waals surface area contributed by atoms with Crippen molar-refractivity contribution in [1.29, 1.82) is 0 Å². The lowest BCUT2D eigenvalue weighted by Gasteiger charge is -2.37. The molecule has 0 bridgehead atoms. The minimum absolute atomic E-state index is 0.0869. The second kappa shape index (κ2) is 14.8. The van der Waals surface area contributed by atoms with Gasteiger partial charge in [-0.3, -0.25) is 0 Å². The van der Waals surface area contributed by atoms with E-state index in [1.54, 1.807) is 4.90 Å². The molecule has 0 radical (unpaired) electrons. The molecule has 2 aromatic rings. The summed E-state index contributed by atoms with van der Waals surface area (Å²) in [7, 11) is -1.27. The Balaban J connectivity index is 2.36. The average Bonchev–Trinajstić information content (AvgIpc) is 2.85. The maximum absolute atomic E-state index is 13.5. The number of rotatable bonds is 13. The summed E-state index contributed by atoms with van der Waals surface area (Å²) in [6.45, 7) is 20.9. The molecular weight excluding hydrogens is 508 g/mol. The van der Waals surface area contributed by atoms with Crippen LogP contribution in [0, 0.1) is 5.92 Å². The Hall–Kier alpha value is -2.48. The fourth-order valence-electron chi connectivity index (χ4n) is 4.00. The van der Waals surface area contributed by atoms with Crippen LogP contribution in [0.3, 0.4) is 0 Å². The number of hydrogen-bond acceptors (Lipinski definition) is 4. The van der Waals surface area contributed by atoms with Crippen LogP contribution in [0.25, 0.3) is 0 Å². The summed E-state index contributed by atoms with van der Waals surface area (Å²) < 4.78 is 27.9. The molecule has 0 aromatic heterocycles. The van der Waals surface area contributed by atoms with Crippen molar-refractivity contribution in [3.8, 4) is 0 Å². The summed E-state index contributed by atoms with van der Waals surface area (Å²) >= 11 is 0. The number of nitrogens with one attached hydrogen (secondary N) is 1. The molecule has 0 spiro atoms. The summed E-state index contributed by atoms with van der Waals surface area (Å²) in [5, 5.41) is 0. The van der Waals surface area contributed by atoms with Crippen LogP contribution in [0.4, 0.5) is 4.79 Å². The number of carbonyl (C=O) groups excluding carboxylic acids is 1. The first kappa shape index (κ1) is 32.7. The van der Waals surface area contributed by atoms with Gasteiger partial charge in [-0.15, -0.1) is 0 Å². The zero-order valence-corrected chi connectivity index (χ0v) is 25.8. The Labute approximate surface area is 238 Å². The minimum Gasteiger partial charge on any atom is -0.444 e. The molecule has 1 N–H and O–H groups in total. The molecule has 39 heavy (non-hydrogen) atoms. The van der Waals surface area contributed by atoms with Crippen LogP contribution in [0.15, 0.2) is 72.8 Å². The van der Waals surface area contributed by atoms with E-state index in [-0.39, 0.29) is 24.1 Å². The van der Waals surface area contributed by atoms with Crippen LogP contribution >= 0.6 is 0 Å². The predicted octanol–water partition coefficient (Wildman–Crippen LogP) is 7.03. The van der Waals surface area contributed by atoms with Crippen molar-refractivity contribution in [2.24, 2.45) is 5.92 Å². The van der Waals surface area contributed by atoms with Crippen molar-refractivity contribution in [3.05, 3.63) is 83.9 Å². The highest BCUT2D eigenvalue weighted by atomic mass is 32.2. The molecule has 0 fully saturated rings. The first-order chi connectivity index (χ1) is 18.2. The third-order valence-corrected chi connectivity index (χ3v) is 7.99. The van der Waals surface area contributed by atoms with Gasteiger partial charge in [-0.1, -0.05) is 72.8 Å². The predicted molar refractivity (Wildman–Crippen MR) is 162 cm³/mol. The average molecular weight is 557 g/mol. The molecule has 0 saturated carbocycles. The van der Waals surface area contributed by atoms with Crippen LogP contribution in [0.5, 0.6) is 0 Å². The fraction of sp³-hybridized carbons (Fsp3) is 0.531. The maximum atomic E-state index is 13.5. The van der Waals surface area contributed by atoms with E-state index in [0.717, 1.165) is 16.7 Å². The summed E-state index contributed by atoms with van der Waals surface area (Å²) in [5.41, 5.74) is 2.36. The molecule has 4 atom stereocenters. The zero-order valence-electron chi connectivity index (χ0n) is 25.0. The highest BCUT2D eigenvalue weighted by Crippen LogP contribution is 2.26. The number of ether oxygens (including phenoxy) is 2. The van der Waals surface area contributed by atoms with Crippen molar-refractivity contribution >= 4 is 17.1 Å². The van der Waals surface area contributed by atoms with E-state index in [4.69, 9.17) is 9.47 Å². The van der Waals surface area contributed by atoms with Crippen molar-refractivity contribution in [3.63, 3.8) is 0 Å². The molecule has 6 nitrogen and oxygen atoms in total. The highest BCUT2D eigenvalue weighted by molar-refractivity contribution is 7.84. The third kappa shape index (κ3) is 11.7. The molecular formula is C32H48N2O4S. The number of hydrogen-bond donors (Lipinski definition) is 1. The summed E-state index contributed by atoms with van der Waals surface area (Å²) in [6.07, 6.45) is 0.228. The van der Waals surface area contributed by atoms with Gasteiger partial charge in [-0.05, 0) is 72.9 Å². The van der Waals surface area contributed by atoms with Crippen LogP contribution in [0.2, 0.25) is 0 Å². The maximum Gasteiger partial charge on any atom is 0.410 e. The number of nitrogens with zero attached hydrogens (tertiary/aromatic N) is 1. The molecule has 0 aliphatic heterocycles. The number of benzene rings is 2. The van der Waals surface area contributed by atoms with Gasteiger partial charge >= 0.3 is 6.09 Å². The molecule has 0 saturated heterocycles. The standard InChI is InChI=1S/C32H48N2O4S/c1-24(2)29(33-39(36)32(7,8)9)20-28(23-37-22-27-18-14-11-15-19-27)25(3)34(30(35)38-31(4,5)6)21-26-16-12-10-13-17-26/h10-19,25,28-29,33H,1,20-23H2,2-9H3/t25-,28+,29?,39-/m1/s1. The Morgan fingerprint density at radius 2 is 1.51 bits per heavy atom. The van der Waals surface area contributed by atoms with Gasteiger partial charge in [0.15, 0.2) is 0 Å². The Kier molecular flexibility index (Phi) is 12.4. The molecule has 216 valence electrons. The van der Waals surface area contributed by atoms with E-state index >= 15 is 0 Å². The monoisotopic (exact) mass is 556 g/mol. The zero-order chi connectivity index (χ0) is 29.2. The quantitative estimate of drug-likeness (QED) is 0.269. The molecule has 0 aliphatic carbocycles.